The largest absolute Gasteiger partial charge is 0.388 e. The van der Waals surface area contributed by atoms with Crippen LogP contribution in [0.15, 0.2) is 36.4 Å². The summed E-state index contributed by atoms with van der Waals surface area (Å²) in [6.45, 7) is 6.98. The van der Waals surface area contributed by atoms with Crippen LogP contribution in [0.4, 0.5) is 0 Å². The molecular weight excluding hydrogens is 294 g/mol. The summed E-state index contributed by atoms with van der Waals surface area (Å²) >= 11 is 1.48. The summed E-state index contributed by atoms with van der Waals surface area (Å²) in [6.07, 6.45) is -0.526. The molecule has 0 saturated carbocycles. The van der Waals surface area contributed by atoms with Crippen LogP contribution in [0.1, 0.15) is 40.3 Å². The highest BCUT2D eigenvalue weighted by atomic mass is 32.2. The fourth-order valence-electron chi connectivity index (χ4n) is 2.68. The third-order valence-electron chi connectivity index (χ3n) is 3.88. The number of thioether (sulfide) groups is 1. The molecule has 3 nitrogen and oxygen atoms in total. The Kier molecular flexibility index (Phi) is 5.86. The van der Waals surface area contributed by atoms with E-state index >= 15 is 0 Å². The average Bonchev–Trinajstić information content (AvgIpc) is 2.82. The minimum Gasteiger partial charge on any atom is -0.388 e. The van der Waals surface area contributed by atoms with Gasteiger partial charge in [-0.15, -0.1) is 0 Å². The molecule has 1 aromatic heterocycles. The Balaban J connectivity index is 1.91. The number of hydrogen-bond donors (Lipinski definition) is 1. The number of aliphatic hydroxyl groups excluding tert-OH is 1. The molecule has 0 aliphatic rings. The van der Waals surface area contributed by atoms with Gasteiger partial charge in [0.1, 0.15) is 0 Å². The molecule has 1 atom stereocenters. The number of benzene rings is 1. The molecule has 2 aromatic rings. The first-order valence-electron chi connectivity index (χ1n) is 7.55. The summed E-state index contributed by atoms with van der Waals surface area (Å²) in [7, 11) is 0. The molecule has 0 aliphatic heterocycles. The van der Waals surface area contributed by atoms with E-state index in [1.807, 2.05) is 50.2 Å². The van der Waals surface area contributed by atoms with Crippen LogP contribution in [0.2, 0.25) is 0 Å². The van der Waals surface area contributed by atoms with Crippen LogP contribution in [-0.4, -0.2) is 27.0 Å². The van der Waals surface area contributed by atoms with Crippen molar-refractivity contribution >= 4 is 17.5 Å². The predicted octanol–water partition coefficient (Wildman–Crippen LogP) is 3.77. The SMILES string of the molecule is CCn1c(C)cc(C(=O)CSCC(O)c2ccccc2)c1C. The van der Waals surface area contributed by atoms with Crippen LogP contribution >= 0.6 is 11.8 Å². The highest BCUT2D eigenvalue weighted by molar-refractivity contribution is 8.00. The maximum atomic E-state index is 12.3. The van der Waals surface area contributed by atoms with Gasteiger partial charge in [-0.2, -0.15) is 11.8 Å². The summed E-state index contributed by atoms with van der Waals surface area (Å²) in [5.74, 6) is 1.07. The minimum absolute atomic E-state index is 0.137. The van der Waals surface area contributed by atoms with E-state index in [1.165, 1.54) is 11.8 Å². The van der Waals surface area contributed by atoms with Gasteiger partial charge in [-0.3, -0.25) is 4.79 Å². The second-order valence-electron chi connectivity index (χ2n) is 5.39. The fourth-order valence-corrected chi connectivity index (χ4v) is 3.56. The van der Waals surface area contributed by atoms with Gasteiger partial charge < -0.3 is 9.67 Å². The topological polar surface area (TPSA) is 42.2 Å². The van der Waals surface area contributed by atoms with E-state index in [1.54, 1.807) is 0 Å². The number of carbonyl (C=O) groups is 1. The molecule has 0 spiro atoms. The molecule has 4 heteroatoms. The standard InChI is InChI=1S/C18H23NO2S/c1-4-19-13(2)10-16(14(19)3)18(21)12-22-11-17(20)15-8-6-5-7-9-15/h5-10,17,20H,4,11-12H2,1-3H3. The lowest BCUT2D eigenvalue weighted by molar-refractivity contribution is 0.102. The second kappa shape index (κ2) is 7.65. The van der Waals surface area contributed by atoms with Crippen molar-refractivity contribution < 1.29 is 9.90 Å². The summed E-state index contributed by atoms with van der Waals surface area (Å²) in [4.78, 5) is 12.3. The Morgan fingerprint density at radius 1 is 1.27 bits per heavy atom. The van der Waals surface area contributed by atoms with Gasteiger partial charge in [0.15, 0.2) is 5.78 Å². The van der Waals surface area contributed by atoms with Crippen molar-refractivity contribution in [1.82, 2.24) is 4.57 Å². The summed E-state index contributed by atoms with van der Waals surface area (Å²) in [5, 5.41) is 10.1. The molecule has 0 fully saturated rings. The van der Waals surface area contributed by atoms with Crippen LogP contribution in [-0.2, 0) is 6.54 Å². The summed E-state index contributed by atoms with van der Waals surface area (Å²) in [6, 6.07) is 11.5. The van der Waals surface area contributed by atoms with Gasteiger partial charge in [0.05, 0.1) is 11.9 Å². The summed E-state index contributed by atoms with van der Waals surface area (Å²) in [5.41, 5.74) is 3.86. The Morgan fingerprint density at radius 3 is 2.55 bits per heavy atom. The molecule has 0 bridgehead atoms. The molecular formula is C18H23NO2S. The third-order valence-corrected chi connectivity index (χ3v) is 4.90. The van der Waals surface area contributed by atoms with Gasteiger partial charge in [0.2, 0.25) is 0 Å². The normalized spacial score (nSPS) is 12.4. The van der Waals surface area contributed by atoms with Crippen molar-refractivity contribution in [1.29, 1.82) is 0 Å². The fraction of sp³-hybridized carbons (Fsp3) is 0.389. The van der Waals surface area contributed by atoms with E-state index in [0.717, 1.165) is 29.1 Å². The molecule has 1 aromatic carbocycles. The maximum absolute atomic E-state index is 12.3. The molecule has 0 amide bonds. The van der Waals surface area contributed by atoms with Crippen molar-refractivity contribution in [2.45, 2.75) is 33.4 Å². The first-order chi connectivity index (χ1) is 10.5. The van der Waals surface area contributed by atoms with Crippen molar-refractivity contribution in [2.75, 3.05) is 11.5 Å². The number of carbonyl (C=O) groups excluding carboxylic acids is 1. The molecule has 1 unspecified atom stereocenters. The van der Waals surface area contributed by atoms with Gasteiger partial charge in [-0.25, -0.2) is 0 Å². The Bertz CT molecular complexity index is 634. The van der Waals surface area contributed by atoms with Crippen LogP contribution < -0.4 is 0 Å². The Morgan fingerprint density at radius 2 is 1.95 bits per heavy atom. The number of aryl methyl sites for hydroxylation is 1. The lowest BCUT2D eigenvalue weighted by Gasteiger charge is -2.10. The van der Waals surface area contributed by atoms with Crippen molar-refractivity contribution in [3.8, 4) is 0 Å². The molecule has 0 saturated heterocycles. The predicted molar refractivity (Wildman–Crippen MR) is 92.6 cm³/mol. The maximum Gasteiger partial charge on any atom is 0.174 e. The first-order valence-corrected chi connectivity index (χ1v) is 8.70. The van der Waals surface area contributed by atoms with Gasteiger partial charge >= 0.3 is 0 Å². The Labute approximate surface area is 136 Å². The number of ketones is 1. The Hall–Kier alpha value is -1.52. The van der Waals surface area contributed by atoms with E-state index in [-0.39, 0.29) is 5.78 Å². The molecule has 118 valence electrons. The molecule has 22 heavy (non-hydrogen) atoms. The van der Waals surface area contributed by atoms with Crippen LogP contribution in [0, 0.1) is 13.8 Å². The lowest BCUT2D eigenvalue weighted by atomic mass is 10.1. The smallest absolute Gasteiger partial charge is 0.174 e. The third kappa shape index (κ3) is 3.81. The van der Waals surface area contributed by atoms with Gasteiger partial charge in [-0.05, 0) is 32.4 Å². The van der Waals surface area contributed by atoms with E-state index in [4.69, 9.17) is 0 Å². The minimum atomic E-state index is -0.526. The highest BCUT2D eigenvalue weighted by Gasteiger charge is 2.16. The number of hydrogen-bond acceptors (Lipinski definition) is 3. The van der Waals surface area contributed by atoms with Gasteiger partial charge in [0.25, 0.3) is 0 Å². The van der Waals surface area contributed by atoms with Crippen LogP contribution in [0.25, 0.3) is 0 Å². The molecule has 1 heterocycles. The zero-order chi connectivity index (χ0) is 16.1. The molecule has 0 radical (unpaired) electrons. The van der Waals surface area contributed by atoms with Gasteiger partial charge in [-0.1, -0.05) is 30.3 Å². The van der Waals surface area contributed by atoms with E-state index < -0.39 is 6.10 Å². The number of aromatic nitrogens is 1. The van der Waals surface area contributed by atoms with Crippen molar-refractivity contribution in [2.24, 2.45) is 0 Å². The number of Topliss-reactive ketones (excluding diaryl/α,β-unsaturated/α-hetero) is 1. The number of rotatable bonds is 7. The van der Waals surface area contributed by atoms with Crippen LogP contribution in [0.5, 0.6) is 0 Å². The molecule has 0 aliphatic carbocycles. The first kappa shape index (κ1) is 16.8. The average molecular weight is 317 g/mol. The summed E-state index contributed by atoms with van der Waals surface area (Å²) < 4.78 is 2.15. The van der Waals surface area contributed by atoms with E-state index in [0.29, 0.717) is 11.5 Å². The molecule has 1 N–H and O–H groups in total. The second-order valence-corrected chi connectivity index (χ2v) is 6.42. The highest BCUT2D eigenvalue weighted by Crippen LogP contribution is 2.21. The van der Waals surface area contributed by atoms with Gasteiger partial charge in [0, 0.05) is 29.2 Å². The molecule has 2 rings (SSSR count). The van der Waals surface area contributed by atoms with Crippen molar-refractivity contribution in [3.63, 3.8) is 0 Å². The van der Waals surface area contributed by atoms with Crippen LogP contribution in [0.3, 0.4) is 0 Å². The lowest BCUT2D eigenvalue weighted by Crippen LogP contribution is -2.08. The van der Waals surface area contributed by atoms with E-state index in [9.17, 15) is 9.90 Å². The number of nitrogens with zero attached hydrogens (tertiary/aromatic N) is 1. The number of aliphatic hydroxyl groups is 1. The van der Waals surface area contributed by atoms with Crippen molar-refractivity contribution in [3.05, 3.63) is 58.9 Å². The monoisotopic (exact) mass is 317 g/mol. The quantitative estimate of drug-likeness (QED) is 0.790. The van der Waals surface area contributed by atoms with E-state index in [2.05, 4.69) is 11.5 Å². The zero-order valence-corrected chi connectivity index (χ0v) is 14.2. The zero-order valence-electron chi connectivity index (χ0n) is 13.4.